The van der Waals surface area contributed by atoms with Crippen molar-refractivity contribution in [3.05, 3.63) is 144 Å². The lowest BCUT2D eigenvalue weighted by molar-refractivity contribution is -0.136. The zero-order valence-electron chi connectivity index (χ0n) is 81.5. The third-order valence-electron chi connectivity index (χ3n) is 24.5. The van der Waals surface area contributed by atoms with E-state index in [-0.39, 0.29) is 227 Å². The number of benzene rings is 4. The summed E-state index contributed by atoms with van der Waals surface area (Å²) in [6, 6.07) is 30.2. The van der Waals surface area contributed by atoms with Crippen LogP contribution in [0.15, 0.2) is 121 Å². The van der Waals surface area contributed by atoms with Gasteiger partial charge in [0, 0.05) is 151 Å². The molecule has 770 valence electrons. The molecule has 140 heavy (non-hydrogen) atoms. The number of Topliss-reactive ketones (excluding diaryl/α,β-unsaturated/α-hetero) is 7. The summed E-state index contributed by atoms with van der Waals surface area (Å²) < 4.78 is 0. The van der Waals surface area contributed by atoms with Crippen molar-refractivity contribution in [3.63, 3.8) is 0 Å². The van der Waals surface area contributed by atoms with Crippen LogP contribution >= 0.6 is 0 Å². The highest BCUT2D eigenvalue weighted by atomic mass is 16.2. The molecule has 0 aliphatic carbocycles. The maximum absolute atomic E-state index is 15.6. The molecule has 12 unspecified atom stereocenters. The highest BCUT2D eigenvalue weighted by Gasteiger charge is 2.39. The Morgan fingerprint density at radius 1 is 0.221 bits per heavy atom. The molecule has 0 saturated carbocycles. The van der Waals surface area contributed by atoms with Crippen molar-refractivity contribution < 1.29 is 57.5 Å². The zero-order valence-corrected chi connectivity index (χ0v) is 81.5. The number of unbranched alkanes of at least 4 members (excludes halogenated alkanes) is 3. The van der Waals surface area contributed by atoms with E-state index < -0.39 is 162 Å². The van der Waals surface area contributed by atoms with Gasteiger partial charge in [-0.1, -0.05) is 154 Å². The Morgan fingerprint density at radius 2 is 0.407 bits per heavy atom. The lowest BCUT2D eigenvalue weighted by Crippen LogP contribution is -2.47. The van der Waals surface area contributed by atoms with Gasteiger partial charge in [-0.2, -0.15) is 0 Å². The monoisotopic (exact) mass is 1940 g/mol. The Balaban J connectivity index is 1.82. The molecule has 0 aliphatic rings. The van der Waals surface area contributed by atoms with Crippen molar-refractivity contribution in [2.24, 2.45) is 93.2 Å². The number of nitrogens with two attached hydrogens (primary N) is 8. The number of nitrogens with one attached hydrogen (secondary N) is 21. The second-order valence-corrected chi connectivity index (χ2v) is 35.9. The Labute approximate surface area is 822 Å². The van der Waals surface area contributed by atoms with Crippen LogP contribution in [0.25, 0.3) is 0 Å². The van der Waals surface area contributed by atoms with Crippen LogP contribution in [0.2, 0.25) is 0 Å². The molecule has 4 aromatic carbocycles. The summed E-state index contributed by atoms with van der Waals surface area (Å²) in [5, 5.41) is 99.4. The largest absolute Gasteiger partial charge is 0.370 e. The Morgan fingerprint density at radius 3 is 0.621 bits per heavy atom. The number of guanidine groups is 8. The normalized spacial score (nSPS) is 13.6. The summed E-state index contributed by atoms with van der Waals surface area (Å²) in [7, 11) is 0. The van der Waals surface area contributed by atoms with Gasteiger partial charge in [0.2, 0.25) is 29.5 Å². The van der Waals surface area contributed by atoms with Gasteiger partial charge in [-0.25, -0.2) is 0 Å². The molecule has 4 rings (SSSR count). The Kier molecular flexibility index (Phi) is 57.6. The predicted octanol–water partition coefficient (Wildman–Crippen LogP) is 3.75. The summed E-state index contributed by atoms with van der Waals surface area (Å²) in [6.07, 6.45) is 3.11. The smallest absolute Gasteiger partial charge is 0.224 e. The second-order valence-electron chi connectivity index (χ2n) is 35.9. The van der Waals surface area contributed by atoms with E-state index in [9.17, 15) is 19.2 Å². The quantitative estimate of drug-likeness (QED) is 0.0170. The van der Waals surface area contributed by atoms with Crippen LogP contribution in [0.3, 0.4) is 0 Å². The van der Waals surface area contributed by atoms with Crippen molar-refractivity contribution in [1.29, 1.82) is 43.3 Å². The first-order chi connectivity index (χ1) is 66.9. The molecule has 41 heteroatoms. The number of hydrogen-bond acceptors (Lipinski definition) is 20. The molecule has 12 atom stereocenters. The van der Waals surface area contributed by atoms with Crippen LogP contribution in [0, 0.1) is 90.6 Å². The number of ketones is 7. The maximum atomic E-state index is 15.6. The van der Waals surface area contributed by atoms with Gasteiger partial charge in [0.1, 0.15) is 17.3 Å². The molecular weight excluding hydrogens is 1790 g/mol. The lowest BCUT2D eigenvalue weighted by Gasteiger charge is -2.27. The van der Waals surface area contributed by atoms with Gasteiger partial charge in [0.15, 0.2) is 70.8 Å². The molecular formula is C99H157N29O12. The lowest BCUT2D eigenvalue weighted by atomic mass is 9.82. The minimum atomic E-state index is -1.40. The SMILES string of the molecule is CCCCCCNC(=O)C(CCCNC(=N)N)CC(=O)C(Cc1ccccc1)NC(=O)C(CCCNC(=N)N)CC(=O)C(CCCNC(=N)N)CC(=O)C(Cc1ccccc1)NC(=O)C(CCCNC(=N)N)CC(=O)C(CCCNC(=N)N)CC(=O)C(Cc1ccccc1)NC(=O)C(CCCNC(=N)N)CC(=O)C(CCCNC(=N)N)CC(=O)C(Cc1ccccc1)NC(=O)C(CC)CCCNC(=N)N. The summed E-state index contributed by atoms with van der Waals surface area (Å²) in [4.78, 5) is 182. The minimum Gasteiger partial charge on any atom is -0.370 e. The molecule has 0 spiro atoms. The van der Waals surface area contributed by atoms with E-state index in [1.165, 1.54) is 0 Å². The standard InChI is InChI=1S/C99H157N29O12/c1-3-5-6-19-44-116-87(136)72(40-24-49-121-96(108)109)63-86(135)79(56-67-34-17-10-18-35-67)128-91(140)75(43-27-52-124-99(114)115)62-82(131)71(39-23-48-120-95(106)107)59-85(134)78(55-66-32-15-9-16-33-66)127-90(139)74(42-26-51-123-98(112)113)61-81(130)70(38-22-47-119-94(104)105)58-84(133)77(54-65-30-13-8-14-31-65)126-89(138)73(41-25-50-122-97(110)111)60-80(129)69(37-21-46-118-93(102)103)57-83(132)76(53-64-28-11-7-12-29-64)125-88(137)68(4-2)36-20-45-117-92(100)101/h7-18,28-35,68-79H,3-6,19-27,36-63H2,1-2H3,(H,116,136)(H,125,137)(H,126,138)(H,127,139)(H,128,140)(H4,100,101,117)(H4,102,103,118)(H4,104,105,119)(H4,106,107,120)(H4,108,109,121)(H4,110,111,122)(H4,112,113,123)(H4,114,115,124). The predicted molar refractivity (Wildman–Crippen MR) is 544 cm³/mol. The zero-order chi connectivity index (χ0) is 103. The van der Waals surface area contributed by atoms with Crippen LogP contribution in [-0.4, -0.2) is 201 Å². The van der Waals surface area contributed by atoms with Crippen molar-refractivity contribution in [2.75, 3.05) is 58.9 Å². The van der Waals surface area contributed by atoms with Crippen LogP contribution in [0.5, 0.6) is 0 Å². The van der Waals surface area contributed by atoms with Gasteiger partial charge in [-0.05, 0) is 164 Å². The highest BCUT2D eigenvalue weighted by molar-refractivity contribution is 6.00. The van der Waals surface area contributed by atoms with E-state index >= 15 is 38.4 Å². The number of amides is 5. The van der Waals surface area contributed by atoms with Crippen molar-refractivity contribution in [3.8, 4) is 0 Å². The van der Waals surface area contributed by atoms with Crippen molar-refractivity contribution in [1.82, 2.24) is 69.1 Å². The number of carbonyl (C=O) groups excluding carboxylic acids is 12. The highest BCUT2D eigenvalue weighted by Crippen LogP contribution is 2.29. The van der Waals surface area contributed by atoms with E-state index in [0.717, 1.165) is 31.2 Å². The first-order valence-corrected chi connectivity index (χ1v) is 48.9. The molecule has 0 saturated heterocycles. The van der Waals surface area contributed by atoms with Gasteiger partial charge < -0.3 is 115 Å². The van der Waals surface area contributed by atoms with E-state index in [0.29, 0.717) is 55.5 Å². The topological polar surface area (TPSA) is 760 Å². The Hall–Kier alpha value is -13.9. The fourth-order valence-corrected chi connectivity index (χ4v) is 16.7. The summed E-state index contributed by atoms with van der Waals surface area (Å²) in [5.41, 5.74) is 47.9. The molecule has 5 amide bonds. The van der Waals surface area contributed by atoms with E-state index in [4.69, 9.17) is 89.1 Å². The number of hydrogen-bond donors (Lipinski definition) is 29. The Bertz CT molecular complexity index is 4590. The fourth-order valence-electron chi connectivity index (χ4n) is 16.7. The van der Waals surface area contributed by atoms with Gasteiger partial charge >= 0.3 is 0 Å². The van der Waals surface area contributed by atoms with E-state index in [1.807, 2.05) is 25.1 Å². The van der Waals surface area contributed by atoms with Gasteiger partial charge in [0.25, 0.3) is 0 Å². The molecule has 41 nitrogen and oxygen atoms in total. The molecule has 0 bridgehead atoms. The number of rotatable bonds is 76. The molecule has 37 N–H and O–H groups in total. The first-order valence-electron chi connectivity index (χ1n) is 48.9. The van der Waals surface area contributed by atoms with Gasteiger partial charge in [-0.3, -0.25) is 101 Å². The van der Waals surface area contributed by atoms with Crippen LogP contribution in [0.1, 0.15) is 216 Å². The van der Waals surface area contributed by atoms with Crippen molar-refractivity contribution in [2.45, 2.75) is 243 Å². The molecule has 0 aliphatic heterocycles. The molecule has 0 aromatic heterocycles. The average Bonchev–Trinajstić information content (AvgIpc) is 0.847. The van der Waals surface area contributed by atoms with E-state index in [2.05, 4.69) is 76.0 Å². The maximum Gasteiger partial charge on any atom is 0.224 e. The van der Waals surface area contributed by atoms with Crippen LogP contribution in [0.4, 0.5) is 0 Å². The first kappa shape index (κ1) is 118. The minimum absolute atomic E-state index is 0.00192. The van der Waals surface area contributed by atoms with Crippen molar-refractivity contribution >= 4 is 118 Å². The average molecular weight is 1950 g/mol. The van der Waals surface area contributed by atoms with E-state index in [1.54, 1.807) is 103 Å². The van der Waals surface area contributed by atoms with Crippen LogP contribution < -0.4 is 115 Å². The molecule has 0 heterocycles. The number of carbonyl (C=O) groups is 12. The molecule has 0 radical (unpaired) electrons. The summed E-state index contributed by atoms with van der Waals surface area (Å²) in [6.45, 7) is 5.41. The van der Waals surface area contributed by atoms with Gasteiger partial charge in [0.05, 0.1) is 24.2 Å². The molecule has 0 fully saturated rings. The second kappa shape index (κ2) is 68.2. The van der Waals surface area contributed by atoms with Crippen LogP contribution in [-0.2, 0) is 83.2 Å². The molecule has 4 aromatic rings. The summed E-state index contributed by atoms with van der Waals surface area (Å²) >= 11 is 0. The van der Waals surface area contributed by atoms with Gasteiger partial charge in [-0.15, -0.1) is 0 Å². The third kappa shape index (κ3) is 51.5. The fraction of sp³-hybridized carbons (Fsp3) is 0.556. The third-order valence-corrected chi connectivity index (χ3v) is 24.5. The summed E-state index contributed by atoms with van der Waals surface area (Å²) in [5.74, 6) is -17.8.